The summed E-state index contributed by atoms with van der Waals surface area (Å²) in [5.41, 5.74) is 5.07. The lowest BCUT2D eigenvalue weighted by Crippen LogP contribution is -2.33. The van der Waals surface area contributed by atoms with Gasteiger partial charge in [0.25, 0.3) is 0 Å². The van der Waals surface area contributed by atoms with Crippen LogP contribution in [0.25, 0.3) is 0 Å². The molecule has 0 aliphatic rings. The molecule has 0 saturated carbocycles. The number of carbonyl (C=O) groups is 1. The van der Waals surface area contributed by atoms with Crippen molar-refractivity contribution >= 4 is 18.0 Å². The van der Waals surface area contributed by atoms with E-state index >= 15 is 0 Å². The van der Waals surface area contributed by atoms with Crippen molar-refractivity contribution in [1.82, 2.24) is 5.32 Å². The third-order valence-corrected chi connectivity index (χ3v) is 1.43. The first-order valence-electron chi connectivity index (χ1n) is 4.51. The molecule has 0 fully saturated rings. The summed E-state index contributed by atoms with van der Waals surface area (Å²) in [5.74, 6) is -0.377. The van der Waals surface area contributed by atoms with Crippen LogP contribution < -0.4 is 11.1 Å². The highest BCUT2D eigenvalue weighted by atomic mass is 16.1. The molecule has 0 bridgehead atoms. The number of carbonyl (C=O) groups excluding carboxylic acids is 1. The smallest absolute Gasteiger partial charge is 0.239 e. The van der Waals surface area contributed by atoms with Gasteiger partial charge in [-0.25, -0.2) is 0 Å². The number of rotatable bonds is 5. The van der Waals surface area contributed by atoms with Crippen molar-refractivity contribution in [3.8, 4) is 0 Å². The van der Waals surface area contributed by atoms with Crippen molar-refractivity contribution in [2.24, 2.45) is 10.7 Å². The monoisotopic (exact) mass is 208 g/mol. The van der Waals surface area contributed by atoms with Gasteiger partial charge in [0.2, 0.25) is 5.91 Å². The SMILES string of the molecule is C=C/C=N\C(C)/C=C\C(=N)NC(=O)CN. The number of amidine groups is 1. The van der Waals surface area contributed by atoms with Gasteiger partial charge in [0.05, 0.1) is 12.6 Å². The third kappa shape index (κ3) is 7.33. The summed E-state index contributed by atoms with van der Waals surface area (Å²) in [6.45, 7) is 5.22. The Labute approximate surface area is 89.3 Å². The summed E-state index contributed by atoms with van der Waals surface area (Å²) in [4.78, 5) is 14.8. The van der Waals surface area contributed by atoms with Crippen molar-refractivity contribution in [3.63, 3.8) is 0 Å². The standard InChI is InChI=1S/C10H16N4O/c1-3-6-13-8(2)4-5-9(12)14-10(15)7-11/h3-6,8H,1,7,11H2,2H3,(H2,12,14,15)/b5-4-,13-6-. The van der Waals surface area contributed by atoms with E-state index in [2.05, 4.69) is 16.9 Å². The molecule has 0 radical (unpaired) electrons. The molecule has 1 atom stereocenters. The molecule has 0 aromatic heterocycles. The molecule has 15 heavy (non-hydrogen) atoms. The number of allylic oxidation sites excluding steroid dienone is 1. The third-order valence-electron chi connectivity index (χ3n) is 1.43. The van der Waals surface area contributed by atoms with Crippen LogP contribution in [-0.4, -0.2) is 30.5 Å². The average Bonchev–Trinajstić information content (AvgIpc) is 2.23. The lowest BCUT2D eigenvalue weighted by Gasteiger charge is -2.01. The van der Waals surface area contributed by atoms with E-state index in [1.165, 1.54) is 6.08 Å². The Kier molecular flexibility index (Phi) is 6.74. The normalized spacial score (nSPS) is 12.9. The van der Waals surface area contributed by atoms with Crippen molar-refractivity contribution in [2.75, 3.05) is 6.54 Å². The molecule has 0 saturated heterocycles. The maximum Gasteiger partial charge on any atom is 0.239 e. The van der Waals surface area contributed by atoms with Gasteiger partial charge in [0, 0.05) is 6.21 Å². The fraction of sp³-hybridized carbons (Fsp3) is 0.300. The van der Waals surface area contributed by atoms with Gasteiger partial charge in [0.1, 0.15) is 5.84 Å². The zero-order valence-corrected chi connectivity index (χ0v) is 8.73. The van der Waals surface area contributed by atoms with Gasteiger partial charge in [0.15, 0.2) is 0 Å². The first-order valence-corrected chi connectivity index (χ1v) is 4.51. The van der Waals surface area contributed by atoms with E-state index in [0.717, 1.165) is 0 Å². The summed E-state index contributed by atoms with van der Waals surface area (Å²) in [7, 11) is 0. The topological polar surface area (TPSA) is 91.3 Å². The lowest BCUT2D eigenvalue weighted by molar-refractivity contribution is -0.118. The van der Waals surface area contributed by atoms with Crippen molar-refractivity contribution in [3.05, 3.63) is 24.8 Å². The molecule has 0 spiro atoms. The molecule has 0 aliphatic heterocycles. The predicted molar refractivity (Wildman–Crippen MR) is 62.2 cm³/mol. The van der Waals surface area contributed by atoms with E-state index in [1.54, 1.807) is 18.4 Å². The lowest BCUT2D eigenvalue weighted by atomic mass is 10.3. The fourth-order valence-electron chi connectivity index (χ4n) is 0.725. The number of nitrogens with zero attached hydrogens (tertiary/aromatic N) is 1. The van der Waals surface area contributed by atoms with Crippen molar-refractivity contribution in [1.29, 1.82) is 5.41 Å². The van der Waals surface area contributed by atoms with E-state index in [0.29, 0.717) is 0 Å². The Morgan fingerprint density at radius 1 is 1.73 bits per heavy atom. The molecule has 1 unspecified atom stereocenters. The van der Waals surface area contributed by atoms with E-state index in [-0.39, 0.29) is 24.3 Å². The minimum Gasteiger partial charge on any atom is -0.322 e. The number of amides is 1. The number of hydrogen-bond donors (Lipinski definition) is 3. The van der Waals surface area contributed by atoms with E-state index in [9.17, 15) is 4.79 Å². The zero-order valence-electron chi connectivity index (χ0n) is 8.73. The van der Waals surface area contributed by atoms with Crippen LogP contribution in [0.5, 0.6) is 0 Å². The van der Waals surface area contributed by atoms with Crippen LogP contribution in [0.3, 0.4) is 0 Å². The molecule has 0 aliphatic carbocycles. The average molecular weight is 208 g/mol. The molecule has 0 heterocycles. The Morgan fingerprint density at radius 3 is 2.93 bits per heavy atom. The largest absolute Gasteiger partial charge is 0.322 e. The molecule has 5 nitrogen and oxygen atoms in total. The maximum absolute atomic E-state index is 10.8. The zero-order chi connectivity index (χ0) is 11.7. The summed E-state index contributed by atoms with van der Waals surface area (Å²) in [5, 5.41) is 9.65. The molecule has 4 N–H and O–H groups in total. The Balaban J connectivity index is 4.05. The van der Waals surface area contributed by atoms with Crippen molar-refractivity contribution < 1.29 is 4.79 Å². The molecule has 0 aromatic carbocycles. The molecule has 1 amide bonds. The summed E-state index contributed by atoms with van der Waals surface area (Å²) < 4.78 is 0. The minimum absolute atomic E-state index is 0.00565. The highest BCUT2D eigenvalue weighted by Crippen LogP contribution is 1.90. The van der Waals surface area contributed by atoms with Gasteiger partial charge >= 0.3 is 0 Å². The van der Waals surface area contributed by atoms with Gasteiger partial charge < -0.3 is 11.1 Å². The number of aliphatic imine (C=N–C) groups is 1. The van der Waals surface area contributed by atoms with Gasteiger partial charge in [-0.3, -0.25) is 15.2 Å². The van der Waals surface area contributed by atoms with Gasteiger partial charge in [-0.1, -0.05) is 18.7 Å². The van der Waals surface area contributed by atoms with Crippen LogP contribution in [0.4, 0.5) is 0 Å². The highest BCUT2D eigenvalue weighted by molar-refractivity contribution is 6.03. The summed E-state index contributed by atoms with van der Waals surface area (Å²) in [6.07, 6.45) is 6.32. The fourth-order valence-corrected chi connectivity index (χ4v) is 0.725. The van der Waals surface area contributed by atoms with E-state index < -0.39 is 0 Å². The molecular formula is C10H16N4O. The first-order chi connectivity index (χ1) is 7.10. The number of nitrogens with one attached hydrogen (secondary N) is 2. The molecular weight excluding hydrogens is 192 g/mol. The molecule has 0 aromatic rings. The van der Waals surface area contributed by atoms with E-state index in [4.69, 9.17) is 11.1 Å². The van der Waals surface area contributed by atoms with Crippen LogP contribution in [0.2, 0.25) is 0 Å². The van der Waals surface area contributed by atoms with E-state index in [1.807, 2.05) is 6.92 Å². The van der Waals surface area contributed by atoms with Crippen LogP contribution >= 0.6 is 0 Å². The van der Waals surface area contributed by atoms with Crippen LogP contribution in [0, 0.1) is 5.41 Å². The molecule has 82 valence electrons. The highest BCUT2D eigenvalue weighted by Gasteiger charge is 1.98. The van der Waals surface area contributed by atoms with Gasteiger partial charge in [-0.05, 0) is 13.0 Å². The second kappa shape index (κ2) is 7.64. The summed E-state index contributed by atoms with van der Waals surface area (Å²) >= 11 is 0. The van der Waals surface area contributed by atoms with Crippen LogP contribution in [-0.2, 0) is 4.79 Å². The first kappa shape index (κ1) is 13.2. The minimum atomic E-state index is -0.383. The number of hydrogen-bond acceptors (Lipinski definition) is 4. The second-order valence-corrected chi connectivity index (χ2v) is 2.80. The van der Waals surface area contributed by atoms with Gasteiger partial charge in [-0.15, -0.1) is 0 Å². The van der Waals surface area contributed by atoms with Crippen LogP contribution in [0.1, 0.15) is 6.92 Å². The Bertz CT molecular complexity index is 294. The quantitative estimate of drug-likeness (QED) is 0.446. The van der Waals surface area contributed by atoms with Crippen LogP contribution in [0.15, 0.2) is 29.8 Å². The molecule has 0 rings (SSSR count). The summed E-state index contributed by atoms with van der Waals surface area (Å²) in [6, 6.07) is -0.0573. The maximum atomic E-state index is 10.8. The van der Waals surface area contributed by atoms with Gasteiger partial charge in [-0.2, -0.15) is 0 Å². The number of nitrogens with two attached hydrogens (primary N) is 1. The Hall–Kier alpha value is -1.75. The predicted octanol–water partition coefficient (Wildman–Crippen LogP) is 0.240. The Morgan fingerprint density at radius 2 is 2.40 bits per heavy atom. The molecule has 5 heteroatoms. The van der Waals surface area contributed by atoms with Crippen molar-refractivity contribution in [2.45, 2.75) is 13.0 Å². The second-order valence-electron chi connectivity index (χ2n) is 2.80.